The van der Waals surface area contributed by atoms with Crippen molar-refractivity contribution in [1.29, 1.82) is 0 Å². The lowest BCUT2D eigenvalue weighted by Crippen LogP contribution is -2.57. The Morgan fingerprint density at radius 1 is 0.383 bits per heavy atom. The van der Waals surface area contributed by atoms with Gasteiger partial charge < -0.3 is 13.0 Å². The van der Waals surface area contributed by atoms with E-state index >= 15 is 0 Å². The number of hydrogen-bond donors (Lipinski definition) is 0. The molecule has 2 aromatic rings. The van der Waals surface area contributed by atoms with Gasteiger partial charge >= 0.3 is 0 Å². The van der Waals surface area contributed by atoms with Crippen molar-refractivity contribution < 1.29 is 0 Å². The summed E-state index contributed by atoms with van der Waals surface area (Å²) in [4.78, 5) is 0. The van der Waals surface area contributed by atoms with Gasteiger partial charge in [0.25, 0.3) is 0 Å². The van der Waals surface area contributed by atoms with E-state index in [1.807, 2.05) is 0 Å². The van der Waals surface area contributed by atoms with Crippen LogP contribution >= 0.6 is 0 Å². The van der Waals surface area contributed by atoms with Crippen LogP contribution in [0.2, 0.25) is 118 Å². The van der Waals surface area contributed by atoms with Crippen LogP contribution < -0.4 is 0 Å². The Kier molecular flexibility index (Phi) is 13.5. The maximum atomic E-state index is 5.73. The van der Waals surface area contributed by atoms with Crippen molar-refractivity contribution >= 4 is 66.5 Å². The van der Waals surface area contributed by atoms with E-state index in [1.165, 1.54) is 11.1 Å². The first kappa shape index (κ1) is 41.3. The van der Waals surface area contributed by atoms with E-state index in [4.69, 9.17) is 15.3 Å². The van der Waals surface area contributed by atoms with Crippen molar-refractivity contribution in [1.82, 2.24) is 13.0 Å². The molecule has 0 saturated carbocycles. The zero-order valence-electron chi connectivity index (χ0n) is 33.4. The lowest BCUT2D eigenvalue weighted by Gasteiger charge is -2.43. The first-order valence-electron chi connectivity index (χ1n) is 17.3. The molecule has 12 heteroatoms. The molecule has 0 spiro atoms. The van der Waals surface area contributed by atoms with Crippen molar-refractivity contribution in [2.75, 3.05) is 0 Å². The average Bonchev–Trinajstić information content (AvgIpc) is 2.88. The van der Waals surface area contributed by atoms with E-state index in [2.05, 4.69) is 192 Å². The molecular weight excluding hydrogens is 673 g/mol. The normalized spacial score (nSPS) is 14.2. The molecule has 0 aliphatic rings. The van der Waals surface area contributed by atoms with Gasteiger partial charge in [-0.05, 0) is 11.1 Å². The summed E-state index contributed by atoms with van der Waals surface area (Å²) in [5.74, 6) is 0. The zero-order valence-corrected chi connectivity index (χ0v) is 39.4. The molecule has 0 aliphatic carbocycles. The fraction of sp³-hybridized carbons (Fsp3) is 0.571. The Morgan fingerprint density at radius 2 is 0.617 bits per heavy atom. The van der Waals surface area contributed by atoms with Crippen LogP contribution in [-0.4, -0.2) is 79.6 Å². The second-order valence-electron chi connectivity index (χ2n) is 18.8. The van der Waals surface area contributed by atoms with Crippen molar-refractivity contribution in [2.24, 2.45) is 15.3 Å². The molecule has 0 atom stereocenters. The molecule has 0 fully saturated rings. The van der Waals surface area contributed by atoms with Gasteiger partial charge in [-0.25, -0.2) is 5.10 Å². The van der Waals surface area contributed by atoms with Crippen LogP contribution in [0.15, 0.2) is 76.0 Å². The summed E-state index contributed by atoms with van der Waals surface area (Å²) in [5, 5.41) is 17.0. The van der Waals surface area contributed by atoms with E-state index in [-0.39, 0.29) is 0 Å². The summed E-state index contributed by atoms with van der Waals surface area (Å²) in [6.07, 6.45) is 1.37. The van der Waals surface area contributed by atoms with Gasteiger partial charge in [-0.15, -0.1) is 0 Å². The predicted octanol–water partition coefficient (Wildman–Crippen LogP) is 10.8. The number of rotatable bonds is 15. The Hall–Kier alpha value is -1.85. The maximum Gasteiger partial charge on any atom is 0.158 e. The van der Waals surface area contributed by atoms with Crippen LogP contribution in [0.1, 0.15) is 24.0 Å². The lowest BCUT2D eigenvalue weighted by atomic mass is 9.99. The minimum Gasteiger partial charge on any atom is -0.350 e. The molecule has 2 rings (SSSR count). The van der Waals surface area contributed by atoms with Gasteiger partial charge in [0.05, 0.1) is 11.4 Å². The number of hydrogen-bond acceptors (Lipinski definition) is 6. The van der Waals surface area contributed by atoms with E-state index < -0.39 is 49.4 Å². The highest BCUT2D eigenvalue weighted by molar-refractivity contribution is 6.90. The van der Waals surface area contributed by atoms with Crippen molar-refractivity contribution in [2.45, 2.75) is 131 Å². The largest absolute Gasteiger partial charge is 0.350 e. The van der Waals surface area contributed by atoms with Crippen LogP contribution in [0, 0.1) is 0 Å². The molecule has 0 saturated heterocycles. The SMILES string of the molecule is C[Si](C)(C)N(N=C(CC(=NN([Si](C)(C)C)[Si](C)(C)C)c1ccccc1)CC(=NN([Si](C)(C)C)[Si](C)(C)C)c1ccccc1)[Si](C)(C)C. The van der Waals surface area contributed by atoms with E-state index in [1.54, 1.807) is 0 Å². The molecule has 6 nitrogen and oxygen atoms in total. The van der Waals surface area contributed by atoms with Crippen molar-refractivity contribution in [3.8, 4) is 0 Å². The van der Waals surface area contributed by atoms with E-state index in [0.29, 0.717) is 12.8 Å². The molecular formula is C35H68N6Si6. The third-order valence-electron chi connectivity index (χ3n) is 7.45. The molecule has 47 heavy (non-hydrogen) atoms. The van der Waals surface area contributed by atoms with Gasteiger partial charge in [0.2, 0.25) is 0 Å². The minimum absolute atomic E-state index is 0.687. The summed E-state index contributed by atoms with van der Waals surface area (Å²) in [6.45, 7) is 43.7. The number of benzene rings is 2. The molecule has 0 bridgehead atoms. The smallest absolute Gasteiger partial charge is 0.158 e. The molecule has 0 heterocycles. The number of hydrazone groups is 3. The van der Waals surface area contributed by atoms with Crippen LogP contribution in [-0.2, 0) is 0 Å². The Morgan fingerprint density at radius 3 is 0.851 bits per heavy atom. The second-order valence-corrected chi connectivity index (χ2v) is 48.7. The molecule has 0 unspecified atom stereocenters. The topological polar surface area (TPSA) is 46.8 Å². The highest BCUT2D eigenvalue weighted by Crippen LogP contribution is 2.26. The summed E-state index contributed by atoms with van der Waals surface area (Å²) < 4.78 is 7.68. The van der Waals surface area contributed by atoms with Gasteiger partial charge in [-0.2, -0.15) is 10.2 Å². The fourth-order valence-corrected chi connectivity index (χ4v) is 33.2. The highest BCUT2D eigenvalue weighted by atomic mass is 28.4. The van der Waals surface area contributed by atoms with Gasteiger partial charge in [-0.1, -0.05) is 179 Å². The van der Waals surface area contributed by atoms with Crippen LogP contribution in [0.25, 0.3) is 0 Å². The van der Waals surface area contributed by atoms with E-state index in [0.717, 1.165) is 17.1 Å². The van der Waals surface area contributed by atoms with Crippen LogP contribution in [0.5, 0.6) is 0 Å². The summed E-state index contributed by atoms with van der Waals surface area (Å²) in [6, 6.07) is 21.7. The van der Waals surface area contributed by atoms with Gasteiger partial charge in [0, 0.05) is 18.6 Å². The maximum absolute atomic E-state index is 5.73. The molecule has 0 aliphatic heterocycles. The molecule has 0 amide bonds. The highest BCUT2D eigenvalue weighted by Gasteiger charge is 2.37. The van der Waals surface area contributed by atoms with Gasteiger partial charge in [-0.3, -0.25) is 0 Å². The van der Waals surface area contributed by atoms with Crippen molar-refractivity contribution in [3.63, 3.8) is 0 Å². The quantitative estimate of drug-likeness (QED) is 0.104. The fourth-order valence-electron chi connectivity index (χ4n) is 6.47. The summed E-state index contributed by atoms with van der Waals surface area (Å²) >= 11 is 0. The molecule has 2 aromatic carbocycles. The molecule has 262 valence electrons. The molecule has 0 N–H and O–H groups in total. The second kappa shape index (κ2) is 15.4. The van der Waals surface area contributed by atoms with Crippen LogP contribution in [0.4, 0.5) is 0 Å². The third-order valence-corrected chi connectivity index (χ3v) is 27.8. The average molecular weight is 741 g/mol. The standard InChI is InChI=1S/C35H68N6Si6/c1-42(2,3)39(43(4,5)6)36-33(29-34(31-25-21-19-22-26-31)37-40(44(7,8)9)45(10,11)12)30-35(32-27-23-20-24-28-32)38-41(46(13,14)15)47(16,17)18/h19-28H,29-30H2,1-18H3. The van der Waals surface area contributed by atoms with Gasteiger partial charge in [0.1, 0.15) is 0 Å². The molecule has 0 radical (unpaired) electrons. The Bertz CT molecular complexity index is 1250. The Labute approximate surface area is 296 Å². The summed E-state index contributed by atoms with van der Waals surface area (Å²) in [7, 11) is -10.6. The van der Waals surface area contributed by atoms with E-state index in [9.17, 15) is 0 Å². The lowest BCUT2D eigenvalue weighted by molar-refractivity contribution is 0.656. The minimum atomic E-state index is -1.79. The van der Waals surface area contributed by atoms with Crippen molar-refractivity contribution in [3.05, 3.63) is 71.8 Å². The monoisotopic (exact) mass is 740 g/mol. The first-order valence-corrected chi connectivity index (χ1v) is 38.0. The predicted molar refractivity (Wildman–Crippen MR) is 228 cm³/mol. The molecule has 0 aromatic heterocycles. The van der Waals surface area contributed by atoms with Crippen LogP contribution in [0.3, 0.4) is 0 Å². The first-order chi connectivity index (χ1) is 21.1. The number of nitrogens with zero attached hydrogens (tertiary/aromatic N) is 6. The Balaban J connectivity index is 2.99. The van der Waals surface area contributed by atoms with Gasteiger partial charge in [0.15, 0.2) is 49.4 Å². The zero-order chi connectivity index (χ0) is 36.2. The summed E-state index contributed by atoms with van der Waals surface area (Å²) in [5.41, 5.74) is 5.73. The third kappa shape index (κ3) is 12.8.